The molecule has 0 radical (unpaired) electrons. The lowest BCUT2D eigenvalue weighted by Crippen LogP contribution is -2.40. The second-order valence-corrected chi connectivity index (χ2v) is 8.27. The van der Waals surface area contributed by atoms with E-state index in [4.69, 9.17) is 4.74 Å². The fourth-order valence-electron chi connectivity index (χ4n) is 4.38. The van der Waals surface area contributed by atoms with Crippen molar-refractivity contribution in [3.8, 4) is 5.75 Å². The van der Waals surface area contributed by atoms with Crippen LogP contribution >= 0.6 is 0 Å². The maximum atomic E-state index is 12.5. The molecule has 2 atom stereocenters. The van der Waals surface area contributed by atoms with Gasteiger partial charge in [0.1, 0.15) is 12.4 Å². The Hall–Kier alpha value is -2.08. The van der Waals surface area contributed by atoms with Gasteiger partial charge in [-0.2, -0.15) is 0 Å². The van der Waals surface area contributed by atoms with E-state index in [0.29, 0.717) is 19.7 Å². The minimum absolute atomic E-state index is 0.0257. The molecule has 6 nitrogen and oxygen atoms in total. The number of likely N-dealkylation sites (tertiary alicyclic amines) is 1. The van der Waals surface area contributed by atoms with Gasteiger partial charge >= 0.3 is 0 Å². The molecule has 0 spiro atoms. The maximum Gasteiger partial charge on any atom is 0.227 e. The van der Waals surface area contributed by atoms with E-state index in [1.807, 2.05) is 24.3 Å². The number of hydrogen-bond donors (Lipinski definition) is 1. The van der Waals surface area contributed by atoms with E-state index < -0.39 is 0 Å². The second-order valence-electron chi connectivity index (χ2n) is 8.27. The van der Waals surface area contributed by atoms with Crippen LogP contribution in [0.25, 0.3) is 0 Å². The fraction of sp³-hybridized carbons (Fsp3) is 0.636. The third-order valence-electron chi connectivity index (χ3n) is 5.51. The summed E-state index contributed by atoms with van der Waals surface area (Å²) >= 11 is 0. The van der Waals surface area contributed by atoms with Crippen molar-refractivity contribution in [1.29, 1.82) is 0 Å². The highest BCUT2D eigenvalue weighted by atomic mass is 16.5. The number of anilines is 1. The Morgan fingerprint density at radius 2 is 1.89 bits per heavy atom. The van der Waals surface area contributed by atoms with Gasteiger partial charge < -0.3 is 19.9 Å². The molecule has 1 fully saturated rings. The smallest absolute Gasteiger partial charge is 0.227 e. The Labute approximate surface area is 168 Å². The summed E-state index contributed by atoms with van der Waals surface area (Å²) in [6.45, 7) is 9.67. The molecule has 2 aliphatic heterocycles. The molecule has 2 unspecified atom stereocenters. The van der Waals surface area contributed by atoms with Gasteiger partial charge in [0, 0.05) is 32.5 Å². The summed E-state index contributed by atoms with van der Waals surface area (Å²) in [5.74, 6) is 2.18. The number of benzene rings is 1. The van der Waals surface area contributed by atoms with Gasteiger partial charge in [-0.15, -0.1) is 0 Å². The van der Waals surface area contributed by atoms with E-state index in [-0.39, 0.29) is 24.7 Å². The molecule has 0 bridgehead atoms. The van der Waals surface area contributed by atoms with E-state index >= 15 is 0 Å². The molecule has 1 N–H and O–H groups in total. The van der Waals surface area contributed by atoms with E-state index in [1.165, 1.54) is 6.42 Å². The summed E-state index contributed by atoms with van der Waals surface area (Å²) in [7, 11) is 0. The Morgan fingerprint density at radius 3 is 2.68 bits per heavy atom. The molecule has 0 aliphatic carbocycles. The molecule has 1 saturated heterocycles. The molecule has 1 aromatic rings. The Morgan fingerprint density at radius 1 is 1.14 bits per heavy atom. The Balaban J connectivity index is 1.34. The number of carbonyl (C=O) groups is 2. The zero-order valence-corrected chi connectivity index (χ0v) is 17.2. The largest absolute Gasteiger partial charge is 0.490 e. The van der Waals surface area contributed by atoms with Gasteiger partial charge in [-0.3, -0.25) is 9.59 Å². The zero-order valence-electron chi connectivity index (χ0n) is 17.2. The number of carbonyl (C=O) groups excluding carboxylic acids is 2. The molecular formula is C22H33N3O3. The van der Waals surface area contributed by atoms with E-state index in [0.717, 1.165) is 49.3 Å². The molecule has 2 heterocycles. The maximum absolute atomic E-state index is 12.5. The number of fused-ring (bicyclic) bond motifs is 1. The third kappa shape index (κ3) is 5.71. The summed E-state index contributed by atoms with van der Waals surface area (Å²) in [5.41, 5.74) is 0.796. The number of hydrogen-bond acceptors (Lipinski definition) is 4. The summed E-state index contributed by atoms with van der Waals surface area (Å²) < 4.78 is 5.58. The van der Waals surface area contributed by atoms with Gasteiger partial charge in [0.15, 0.2) is 0 Å². The van der Waals surface area contributed by atoms with Crippen LogP contribution in [0.5, 0.6) is 5.75 Å². The van der Waals surface area contributed by atoms with Crippen molar-refractivity contribution >= 4 is 17.5 Å². The highest BCUT2D eigenvalue weighted by Gasteiger charge is 2.24. The van der Waals surface area contributed by atoms with Gasteiger partial charge in [0.25, 0.3) is 0 Å². The molecule has 0 aromatic heterocycles. The van der Waals surface area contributed by atoms with Crippen molar-refractivity contribution in [3.05, 3.63) is 24.3 Å². The molecule has 1 aromatic carbocycles. The average Bonchev–Trinajstić information content (AvgIpc) is 2.68. The summed E-state index contributed by atoms with van der Waals surface area (Å²) in [6.07, 6.45) is 2.72. The first-order valence-electron chi connectivity index (χ1n) is 10.5. The molecular weight excluding hydrogens is 354 g/mol. The lowest BCUT2D eigenvalue weighted by molar-refractivity contribution is -0.125. The first kappa shape index (κ1) is 20.6. The lowest BCUT2D eigenvalue weighted by atomic mass is 9.92. The van der Waals surface area contributed by atoms with Crippen molar-refractivity contribution < 1.29 is 14.3 Å². The van der Waals surface area contributed by atoms with E-state index in [1.54, 1.807) is 4.90 Å². The minimum atomic E-state index is -0.0460. The predicted molar refractivity (Wildman–Crippen MR) is 111 cm³/mol. The standard InChI is InChI=1S/C22H33N3O3/c1-17-14-18(2)16-24(15-17)11-5-10-23-21(26)8-9-22(27)25-12-13-28-20-7-4-3-6-19(20)25/h3-4,6-7,17-18H,5,8-16H2,1-2H3,(H,23,26). The molecule has 6 heteroatoms. The number of ether oxygens (including phenoxy) is 1. The number of amides is 2. The predicted octanol–water partition coefficient (Wildman–Crippen LogP) is 2.68. The van der Waals surface area contributed by atoms with Gasteiger partial charge in [-0.25, -0.2) is 0 Å². The number of nitrogens with one attached hydrogen (secondary N) is 1. The average molecular weight is 388 g/mol. The molecule has 3 rings (SSSR count). The molecule has 0 saturated carbocycles. The number of para-hydroxylation sites is 2. The Bertz CT molecular complexity index is 669. The van der Waals surface area contributed by atoms with Crippen molar-refractivity contribution in [2.75, 3.05) is 44.2 Å². The minimum Gasteiger partial charge on any atom is -0.490 e. The van der Waals surface area contributed by atoms with Crippen LogP contribution in [0, 0.1) is 11.8 Å². The summed E-state index contributed by atoms with van der Waals surface area (Å²) in [5, 5.41) is 2.96. The van der Waals surface area contributed by atoms with Crippen molar-refractivity contribution in [2.24, 2.45) is 11.8 Å². The summed E-state index contributed by atoms with van der Waals surface area (Å²) in [6, 6.07) is 7.54. The van der Waals surface area contributed by atoms with Crippen LogP contribution in [0.1, 0.15) is 39.5 Å². The number of piperidine rings is 1. The molecule has 2 amide bonds. The number of nitrogens with zero attached hydrogens (tertiary/aromatic N) is 2. The SMILES string of the molecule is CC1CC(C)CN(CCCNC(=O)CCC(=O)N2CCOc3ccccc32)C1. The topological polar surface area (TPSA) is 61.9 Å². The van der Waals surface area contributed by atoms with Gasteiger partial charge in [-0.05, 0) is 43.4 Å². The quantitative estimate of drug-likeness (QED) is 0.731. The molecule has 28 heavy (non-hydrogen) atoms. The monoisotopic (exact) mass is 387 g/mol. The van der Waals surface area contributed by atoms with Crippen LogP contribution in [0.3, 0.4) is 0 Å². The van der Waals surface area contributed by atoms with Crippen LogP contribution in [0.4, 0.5) is 5.69 Å². The molecule has 2 aliphatic rings. The van der Waals surface area contributed by atoms with Crippen molar-refractivity contribution in [1.82, 2.24) is 10.2 Å². The first-order valence-corrected chi connectivity index (χ1v) is 10.5. The van der Waals surface area contributed by atoms with E-state index in [2.05, 4.69) is 24.1 Å². The van der Waals surface area contributed by atoms with Crippen LogP contribution < -0.4 is 15.0 Å². The third-order valence-corrected chi connectivity index (χ3v) is 5.51. The van der Waals surface area contributed by atoms with Crippen molar-refractivity contribution in [3.63, 3.8) is 0 Å². The van der Waals surface area contributed by atoms with Crippen LogP contribution in [0.15, 0.2) is 24.3 Å². The van der Waals surface area contributed by atoms with Crippen LogP contribution in [0.2, 0.25) is 0 Å². The second kappa shape index (κ2) is 9.92. The van der Waals surface area contributed by atoms with Crippen molar-refractivity contribution in [2.45, 2.75) is 39.5 Å². The van der Waals surface area contributed by atoms with E-state index in [9.17, 15) is 9.59 Å². The van der Waals surface area contributed by atoms with Gasteiger partial charge in [-0.1, -0.05) is 26.0 Å². The van der Waals surface area contributed by atoms with Gasteiger partial charge in [0.05, 0.1) is 12.2 Å². The zero-order chi connectivity index (χ0) is 19.9. The Kier molecular flexibility index (Phi) is 7.31. The highest BCUT2D eigenvalue weighted by molar-refractivity contribution is 5.97. The normalized spacial score (nSPS) is 22.3. The summed E-state index contributed by atoms with van der Waals surface area (Å²) in [4.78, 5) is 28.9. The van der Waals surface area contributed by atoms with Crippen LogP contribution in [-0.2, 0) is 9.59 Å². The first-order chi connectivity index (χ1) is 13.5. The lowest BCUT2D eigenvalue weighted by Gasteiger charge is -2.34. The fourth-order valence-corrected chi connectivity index (χ4v) is 4.38. The highest BCUT2D eigenvalue weighted by Crippen LogP contribution is 2.31. The number of rotatable bonds is 7. The molecule has 154 valence electrons. The van der Waals surface area contributed by atoms with Crippen LogP contribution in [-0.4, -0.2) is 56.0 Å². The van der Waals surface area contributed by atoms with Gasteiger partial charge in [0.2, 0.25) is 11.8 Å².